The Kier molecular flexibility index (Phi) is 5.77. The van der Waals surface area contributed by atoms with Crippen LogP contribution in [0.1, 0.15) is 24.6 Å². The zero-order chi connectivity index (χ0) is 20.4. The van der Waals surface area contributed by atoms with Crippen LogP contribution in [0.2, 0.25) is 0 Å². The molecule has 29 heavy (non-hydrogen) atoms. The SMILES string of the molecule is CN(C)S(=O)(=O)N1CCN(c2ncc(-c3ccncc3)c([C@@H]3CCCO3)n2)CC1. The molecule has 0 saturated carbocycles. The molecule has 2 fully saturated rings. The van der Waals surface area contributed by atoms with E-state index in [9.17, 15) is 8.42 Å². The number of piperazine rings is 1. The molecule has 10 heteroatoms. The molecule has 0 aromatic carbocycles. The number of hydrogen-bond donors (Lipinski definition) is 0. The van der Waals surface area contributed by atoms with Crippen LogP contribution in [0.15, 0.2) is 30.7 Å². The number of hydrogen-bond acceptors (Lipinski definition) is 7. The van der Waals surface area contributed by atoms with Crippen LogP contribution in [0, 0.1) is 0 Å². The third-order valence-corrected chi connectivity index (χ3v) is 7.28. The molecular formula is C19H26N6O3S. The minimum absolute atomic E-state index is 0.0460. The third kappa shape index (κ3) is 4.11. The molecule has 0 spiro atoms. The average molecular weight is 419 g/mol. The van der Waals surface area contributed by atoms with Gasteiger partial charge < -0.3 is 9.64 Å². The van der Waals surface area contributed by atoms with Gasteiger partial charge >= 0.3 is 0 Å². The minimum atomic E-state index is -3.40. The fourth-order valence-corrected chi connectivity index (χ4v) is 4.77. The standard InChI is InChI=1S/C19H26N6O3S/c1-23(2)29(26,27)25-11-9-24(10-12-25)19-21-14-16(15-5-7-20-8-6-15)18(22-19)17-4-3-13-28-17/h5-8,14,17H,3-4,9-13H2,1-2H3/t17-/m0/s1. The van der Waals surface area contributed by atoms with Gasteiger partial charge in [0.05, 0.1) is 5.69 Å². The first-order valence-corrected chi connectivity index (χ1v) is 11.2. The van der Waals surface area contributed by atoms with E-state index in [1.54, 1.807) is 26.5 Å². The maximum absolute atomic E-state index is 12.3. The summed E-state index contributed by atoms with van der Waals surface area (Å²) in [6, 6.07) is 3.89. The van der Waals surface area contributed by atoms with Crippen molar-refractivity contribution in [2.24, 2.45) is 0 Å². The second-order valence-corrected chi connectivity index (χ2v) is 9.53. The first-order chi connectivity index (χ1) is 14.0. The van der Waals surface area contributed by atoms with E-state index in [2.05, 4.69) is 9.97 Å². The monoisotopic (exact) mass is 418 g/mol. The molecule has 0 N–H and O–H groups in total. The minimum Gasteiger partial charge on any atom is -0.372 e. The molecule has 0 unspecified atom stereocenters. The van der Waals surface area contributed by atoms with Gasteiger partial charge in [-0.05, 0) is 30.5 Å². The average Bonchev–Trinajstić information content (AvgIpc) is 3.29. The molecule has 2 aromatic rings. The van der Waals surface area contributed by atoms with Crippen molar-refractivity contribution in [3.8, 4) is 11.1 Å². The normalized spacial score (nSPS) is 21.1. The summed E-state index contributed by atoms with van der Waals surface area (Å²) in [5.41, 5.74) is 2.86. The van der Waals surface area contributed by atoms with Crippen LogP contribution in [0.3, 0.4) is 0 Å². The van der Waals surface area contributed by atoms with Gasteiger partial charge in [0, 0.05) is 71.0 Å². The molecule has 0 amide bonds. The van der Waals surface area contributed by atoms with Crippen molar-refractivity contribution < 1.29 is 13.2 Å². The fraction of sp³-hybridized carbons (Fsp3) is 0.526. The number of aromatic nitrogens is 3. The summed E-state index contributed by atoms with van der Waals surface area (Å²) >= 11 is 0. The molecule has 0 aliphatic carbocycles. The Bertz CT molecular complexity index is 940. The molecule has 0 radical (unpaired) electrons. The van der Waals surface area contributed by atoms with Gasteiger partial charge in [0.1, 0.15) is 6.10 Å². The summed E-state index contributed by atoms with van der Waals surface area (Å²) in [5, 5.41) is 0. The maximum Gasteiger partial charge on any atom is 0.281 e. The Hall–Kier alpha value is -2.14. The second-order valence-electron chi connectivity index (χ2n) is 7.38. The van der Waals surface area contributed by atoms with Crippen LogP contribution in [-0.2, 0) is 14.9 Å². The maximum atomic E-state index is 12.3. The highest BCUT2D eigenvalue weighted by Gasteiger charge is 2.30. The lowest BCUT2D eigenvalue weighted by molar-refractivity contribution is 0.109. The van der Waals surface area contributed by atoms with Gasteiger partial charge in [-0.3, -0.25) is 4.98 Å². The van der Waals surface area contributed by atoms with E-state index in [4.69, 9.17) is 9.72 Å². The Labute approximate surface area is 171 Å². The molecule has 4 heterocycles. The van der Waals surface area contributed by atoms with E-state index in [-0.39, 0.29) is 6.10 Å². The highest BCUT2D eigenvalue weighted by Crippen LogP contribution is 2.35. The molecule has 2 aliphatic rings. The Morgan fingerprint density at radius 2 is 1.86 bits per heavy atom. The van der Waals surface area contributed by atoms with Crippen LogP contribution in [-0.4, -0.2) is 78.9 Å². The van der Waals surface area contributed by atoms with Gasteiger partial charge in [-0.1, -0.05) is 0 Å². The van der Waals surface area contributed by atoms with Crippen molar-refractivity contribution in [3.05, 3.63) is 36.4 Å². The quantitative estimate of drug-likeness (QED) is 0.723. The van der Waals surface area contributed by atoms with Gasteiger partial charge in [-0.2, -0.15) is 17.0 Å². The molecular weight excluding hydrogens is 392 g/mol. The van der Waals surface area contributed by atoms with Gasteiger partial charge in [0.15, 0.2) is 0 Å². The van der Waals surface area contributed by atoms with Crippen LogP contribution >= 0.6 is 0 Å². The number of nitrogens with zero attached hydrogens (tertiary/aromatic N) is 6. The molecule has 4 rings (SSSR count). The van der Waals surface area contributed by atoms with Crippen molar-refractivity contribution in [1.29, 1.82) is 0 Å². The summed E-state index contributed by atoms with van der Waals surface area (Å²) < 4.78 is 33.3. The van der Waals surface area contributed by atoms with Gasteiger partial charge in [-0.25, -0.2) is 9.97 Å². The topological polar surface area (TPSA) is 91.8 Å². The molecule has 156 valence electrons. The van der Waals surface area contributed by atoms with E-state index in [1.165, 1.54) is 8.61 Å². The first-order valence-electron chi connectivity index (χ1n) is 9.78. The van der Waals surface area contributed by atoms with E-state index in [0.29, 0.717) is 32.1 Å². The summed E-state index contributed by atoms with van der Waals surface area (Å²) in [6.45, 7) is 2.65. The molecule has 1 atom stereocenters. The lowest BCUT2D eigenvalue weighted by Gasteiger charge is -2.35. The van der Waals surface area contributed by atoms with Crippen molar-refractivity contribution in [3.63, 3.8) is 0 Å². The lowest BCUT2D eigenvalue weighted by atomic mass is 10.0. The summed E-state index contributed by atoms with van der Waals surface area (Å²) in [4.78, 5) is 15.6. The Morgan fingerprint density at radius 1 is 1.14 bits per heavy atom. The number of ether oxygens (including phenoxy) is 1. The van der Waals surface area contributed by atoms with Crippen molar-refractivity contribution in [2.75, 3.05) is 51.8 Å². The zero-order valence-corrected chi connectivity index (χ0v) is 17.5. The van der Waals surface area contributed by atoms with Gasteiger partial charge in [0.2, 0.25) is 5.95 Å². The number of rotatable bonds is 5. The third-order valence-electron chi connectivity index (χ3n) is 5.34. The number of pyridine rings is 1. The molecule has 2 aliphatic heterocycles. The van der Waals surface area contributed by atoms with E-state index < -0.39 is 10.2 Å². The van der Waals surface area contributed by atoms with E-state index >= 15 is 0 Å². The predicted octanol–water partition coefficient (Wildman–Crippen LogP) is 1.32. The van der Waals surface area contributed by atoms with Crippen LogP contribution in [0.25, 0.3) is 11.1 Å². The van der Waals surface area contributed by atoms with Crippen molar-refractivity contribution in [2.45, 2.75) is 18.9 Å². The Morgan fingerprint density at radius 3 is 2.48 bits per heavy atom. The van der Waals surface area contributed by atoms with Gasteiger partial charge in [0.25, 0.3) is 10.2 Å². The van der Waals surface area contributed by atoms with E-state index in [0.717, 1.165) is 36.3 Å². The molecule has 0 bridgehead atoms. The second kappa shape index (κ2) is 8.31. The van der Waals surface area contributed by atoms with Crippen molar-refractivity contribution >= 4 is 16.2 Å². The highest BCUT2D eigenvalue weighted by molar-refractivity contribution is 7.86. The largest absolute Gasteiger partial charge is 0.372 e. The summed E-state index contributed by atoms with van der Waals surface area (Å²) in [7, 11) is -0.292. The molecule has 2 aromatic heterocycles. The molecule has 2 saturated heterocycles. The number of anilines is 1. The summed E-state index contributed by atoms with van der Waals surface area (Å²) in [5.74, 6) is 0.621. The first kappa shape index (κ1) is 20.1. The van der Waals surface area contributed by atoms with Crippen LogP contribution in [0.5, 0.6) is 0 Å². The highest BCUT2D eigenvalue weighted by atomic mass is 32.2. The fourth-order valence-electron chi connectivity index (χ4n) is 3.68. The zero-order valence-electron chi connectivity index (χ0n) is 16.7. The van der Waals surface area contributed by atoms with Crippen LogP contribution in [0.4, 0.5) is 5.95 Å². The predicted molar refractivity (Wildman–Crippen MR) is 110 cm³/mol. The lowest BCUT2D eigenvalue weighted by Crippen LogP contribution is -2.52. The summed E-state index contributed by atoms with van der Waals surface area (Å²) in [6.07, 6.45) is 7.26. The molecule has 9 nitrogen and oxygen atoms in total. The van der Waals surface area contributed by atoms with Crippen LogP contribution < -0.4 is 4.90 Å². The smallest absolute Gasteiger partial charge is 0.281 e. The van der Waals surface area contributed by atoms with Crippen molar-refractivity contribution in [1.82, 2.24) is 23.6 Å². The Balaban J connectivity index is 1.58. The van der Waals surface area contributed by atoms with Gasteiger partial charge in [-0.15, -0.1) is 0 Å². The van der Waals surface area contributed by atoms with E-state index in [1.807, 2.05) is 23.2 Å².